The number of hydrogen-bond acceptors (Lipinski definition) is 2. The monoisotopic (exact) mass is 270 g/mol. The van der Waals surface area contributed by atoms with E-state index in [0.29, 0.717) is 19.0 Å². The maximum atomic E-state index is 13.3. The Bertz CT molecular complexity index is 453. The first-order valence-electron chi connectivity index (χ1n) is 6.01. The Kier molecular flexibility index (Phi) is 4.19. The van der Waals surface area contributed by atoms with Crippen molar-refractivity contribution in [2.75, 3.05) is 26.7 Å². The van der Waals surface area contributed by atoms with Gasteiger partial charge in [-0.25, -0.2) is 4.39 Å². The van der Waals surface area contributed by atoms with Crippen LogP contribution >= 0.6 is 11.6 Å². The van der Waals surface area contributed by atoms with Gasteiger partial charge in [0.15, 0.2) is 0 Å². The van der Waals surface area contributed by atoms with Crippen molar-refractivity contribution in [3.63, 3.8) is 0 Å². The molecule has 1 heterocycles. The van der Waals surface area contributed by atoms with Gasteiger partial charge in [-0.2, -0.15) is 0 Å². The maximum Gasteiger partial charge on any atom is 0.255 e. The lowest BCUT2D eigenvalue weighted by molar-refractivity contribution is 0.0787. The van der Waals surface area contributed by atoms with Gasteiger partial charge in [0.25, 0.3) is 5.91 Å². The molecule has 0 spiro atoms. The van der Waals surface area contributed by atoms with Gasteiger partial charge >= 0.3 is 0 Å². The van der Waals surface area contributed by atoms with Crippen molar-refractivity contribution in [2.24, 2.45) is 5.92 Å². The molecule has 1 aliphatic heterocycles. The number of nitrogens with one attached hydrogen (secondary N) is 1. The number of carbonyl (C=O) groups excluding carboxylic acids is 1. The van der Waals surface area contributed by atoms with Crippen molar-refractivity contribution < 1.29 is 9.18 Å². The van der Waals surface area contributed by atoms with E-state index in [1.54, 1.807) is 11.0 Å². The number of nitrogens with zero attached hydrogens (tertiary/aromatic N) is 1. The first-order chi connectivity index (χ1) is 8.63. The standard InChI is InChI=1S/C13H16ClFN2O/c1-16-7-9-5-6-17(8-9)13(18)10-3-2-4-11(15)12(10)14/h2-4,9,16H,5-8H2,1H3. The van der Waals surface area contributed by atoms with Crippen molar-refractivity contribution in [1.29, 1.82) is 0 Å². The van der Waals surface area contributed by atoms with Crippen LogP contribution in [0.1, 0.15) is 16.8 Å². The van der Waals surface area contributed by atoms with E-state index in [0.717, 1.165) is 13.0 Å². The second-order valence-electron chi connectivity index (χ2n) is 4.56. The molecule has 1 aromatic carbocycles. The van der Waals surface area contributed by atoms with Gasteiger partial charge in [-0.1, -0.05) is 17.7 Å². The molecular formula is C13H16ClFN2O. The summed E-state index contributed by atoms with van der Waals surface area (Å²) in [5, 5.41) is 3.02. The SMILES string of the molecule is CNCC1CCN(C(=O)c2cccc(F)c2Cl)C1. The molecule has 1 aliphatic rings. The number of benzene rings is 1. The molecule has 0 aromatic heterocycles. The molecule has 18 heavy (non-hydrogen) atoms. The topological polar surface area (TPSA) is 32.3 Å². The number of rotatable bonds is 3. The maximum absolute atomic E-state index is 13.3. The average molecular weight is 271 g/mol. The second-order valence-corrected chi connectivity index (χ2v) is 4.94. The summed E-state index contributed by atoms with van der Waals surface area (Å²) in [5.41, 5.74) is 0.252. The molecule has 98 valence electrons. The zero-order valence-corrected chi connectivity index (χ0v) is 11.0. The van der Waals surface area contributed by atoms with Gasteiger partial charge in [-0.3, -0.25) is 4.79 Å². The molecule has 1 amide bonds. The number of hydrogen-bond donors (Lipinski definition) is 1. The third-order valence-electron chi connectivity index (χ3n) is 3.25. The number of amides is 1. The fourth-order valence-corrected chi connectivity index (χ4v) is 2.52. The number of halogens is 2. The summed E-state index contributed by atoms with van der Waals surface area (Å²) in [6.45, 7) is 2.30. The summed E-state index contributed by atoms with van der Waals surface area (Å²) in [4.78, 5) is 14.0. The Hall–Kier alpha value is -1.13. The van der Waals surface area contributed by atoms with Crippen LogP contribution in [0.15, 0.2) is 18.2 Å². The third-order valence-corrected chi connectivity index (χ3v) is 3.63. The van der Waals surface area contributed by atoms with E-state index < -0.39 is 5.82 Å². The zero-order valence-electron chi connectivity index (χ0n) is 10.2. The second kappa shape index (κ2) is 5.67. The van der Waals surface area contributed by atoms with Crippen molar-refractivity contribution in [3.8, 4) is 0 Å². The Morgan fingerprint density at radius 3 is 3.11 bits per heavy atom. The minimum Gasteiger partial charge on any atom is -0.338 e. The van der Waals surface area contributed by atoms with E-state index in [-0.39, 0.29) is 16.5 Å². The van der Waals surface area contributed by atoms with Gasteiger partial charge in [0.1, 0.15) is 5.82 Å². The summed E-state index contributed by atoms with van der Waals surface area (Å²) < 4.78 is 13.3. The lowest BCUT2D eigenvalue weighted by atomic mass is 10.1. The van der Waals surface area contributed by atoms with Gasteiger partial charge in [0.2, 0.25) is 0 Å². The predicted molar refractivity (Wildman–Crippen MR) is 69.3 cm³/mol. The predicted octanol–water partition coefficient (Wildman–Crippen LogP) is 2.16. The average Bonchev–Trinajstić information content (AvgIpc) is 2.81. The van der Waals surface area contributed by atoms with Crippen molar-refractivity contribution in [2.45, 2.75) is 6.42 Å². The summed E-state index contributed by atoms with van der Waals surface area (Å²) in [6, 6.07) is 4.33. The van der Waals surface area contributed by atoms with E-state index in [4.69, 9.17) is 11.6 Å². The largest absolute Gasteiger partial charge is 0.338 e. The Balaban J connectivity index is 2.11. The summed E-state index contributed by atoms with van der Waals surface area (Å²) in [5.74, 6) is -0.266. The van der Waals surface area contributed by atoms with E-state index in [9.17, 15) is 9.18 Å². The van der Waals surface area contributed by atoms with Crippen LogP contribution in [0.3, 0.4) is 0 Å². The van der Waals surface area contributed by atoms with Gasteiger partial charge < -0.3 is 10.2 Å². The molecule has 1 atom stereocenters. The molecule has 1 saturated heterocycles. The first kappa shape index (κ1) is 13.3. The molecule has 0 saturated carbocycles. The summed E-state index contributed by atoms with van der Waals surface area (Å²) in [7, 11) is 1.90. The number of carbonyl (C=O) groups is 1. The Morgan fingerprint density at radius 2 is 2.39 bits per heavy atom. The van der Waals surface area contributed by atoms with Crippen LogP contribution in [-0.2, 0) is 0 Å². The van der Waals surface area contributed by atoms with Crippen molar-refractivity contribution >= 4 is 17.5 Å². The quantitative estimate of drug-likeness (QED) is 0.913. The van der Waals surface area contributed by atoms with Crippen molar-refractivity contribution in [1.82, 2.24) is 10.2 Å². The highest BCUT2D eigenvalue weighted by atomic mass is 35.5. The molecule has 3 nitrogen and oxygen atoms in total. The summed E-state index contributed by atoms with van der Waals surface area (Å²) in [6.07, 6.45) is 0.972. The smallest absolute Gasteiger partial charge is 0.255 e. The van der Waals surface area contributed by atoms with Crippen LogP contribution in [0.2, 0.25) is 5.02 Å². The normalized spacial score (nSPS) is 19.3. The van der Waals surface area contributed by atoms with E-state index in [2.05, 4.69) is 5.32 Å². The highest BCUT2D eigenvalue weighted by molar-refractivity contribution is 6.34. The van der Waals surface area contributed by atoms with Crippen LogP contribution in [0.25, 0.3) is 0 Å². The summed E-state index contributed by atoms with van der Waals surface area (Å²) >= 11 is 5.83. The van der Waals surface area contributed by atoms with Crippen LogP contribution in [0.4, 0.5) is 4.39 Å². The van der Waals surface area contributed by atoms with Crippen LogP contribution in [0, 0.1) is 11.7 Å². The first-order valence-corrected chi connectivity index (χ1v) is 6.39. The van der Waals surface area contributed by atoms with Crippen LogP contribution < -0.4 is 5.32 Å². The highest BCUT2D eigenvalue weighted by Crippen LogP contribution is 2.24. The molecule has 5 heteroatoms. The van der Waals surface area contributed by atoms with Gasteiger partial charge in [0, 0.05) is 13.1 Å². The van der Waals surface area contributed by atoms with E-state index >= 15 is 0 Å². The van der Waals surface area contributed by atoms with Crippen LogP contribution in [-0.4, -0.2) is 37.5 Å². The Morgan fingerprint density at radius 1 is 1.61 bits per heavy atom. The Labute approximate surface area is 111 Å². The zero-order chi connectivity index (χ0) is 13.1. The molecule has 1 fully saturated rings. The molecule has 2 rings (SSSR count). The lowest BCUT2D eigenvalue weighted by Gasteiger charge is -2.17. The minimum atomic E-state index is -0.548. The minimum absolute atomic E-state index is 0.0837. The molecule has 0 bridgehead atoms. The molecule has 1 aromatic rings. The van der Waals surface area contributed by atoms with Gasteiger partial charge in [-0.05, 0) is 38.1 Å². The van der Waals surface area contributed by atoms with Gasteiger partial charge in [-0.15, -0.1) is 0 Å². The third kappa shape index (κ3) is 2.65. The van der Waals surface area contributed by atoms with Crippen molar-refractivity contribution in [3.05, 3.63) is 34.6 Å². The van der Waals surface area contributed by atoms with E-state index in [1.165, 1.54) is 12.1 Å². The van der Waals surface area contributed by atoms with Crippen LogP contribution in [0.5, 0.6) is 0 Å². The molecular weight excluding hydrogens is 255 g/mol. The molecule has 1 unspecified atom stereocenters. The fraction of sp³-hybridized carbons (Fsp3) is 0.462. The molecule has 1 N–H and O–H groups in total. The van der Waals surface area contributed by atoms with E-state index in [1.807, 2.05) is 7.05 Å². The van der Waals surface area contributed by atoms with Gasteiger partial charge in [0.05, 0.1) is 10.6 Å². The highest BCUT2D eigenvalue weighted by Gasteiger charge is 2.27. The number of likely N-dealkylation sites (tertiary alicyclic amines) is 1. The molecule has 0 radical (unpaired) electrons. The molecule has 0 aliphatic carbocycles. The fourth-order valence-electron chi connectivity index (χ4n) is 2.31. The lowest BCUT2D eigenvalue weighted by Crippen LogP contribution is -2.30.